The molecular weight excluding hydrogens is 232 g/mol. The molecule has 0 amide bonds. The topological polar surface area (TPSA) is 77.5 Å². The van der Waals surface area contributed by atoms with Gasteiger partial charge in [-0.1, -0.05) is 0 Å². The lowest BCUT2D eigenvalue weighted by Gasteiger charge is -2.12. The summed E-state index contributed by atoms with van der Waals surface area (Å²) in [7, 11) is 3.52. The zero-order valence-electron chi connectivity index (χ0n) is 10.4. The molecule has 0 aliphatic carbocycles. The molecule has 1 aromatic heterocycles. The maximum Gasteiger partial charge on any atom is 0.305 e. The minimum atomic E-state index is -0.909. The van der Waals surface area contributed by atoms with Crippen LogP contribution in [0.25, 0.3) is 10.9 Å². The van der Waals surface area contributed by atoms with Crippen LogP contribution in [0.3, 0.4) is 0 Å². The Hall–Kier alpha value is -2.01. The Kier molecular flexibility index (Phi) is 3.25. The van der Waals surface area contributed by atoms with Gasteiger partial charge in [-0.25, -0.2) is 0 Å². The maximum absolute atomic E-state index is 10.7. The molecule has 1 heterocycles. The highest BCUT2D eigenvalue weighted by molar-refractivity contribution is 5.87. The van der Waals surface area contributed by atoms with Gasteiger partial charge in [0.1, 0.15) is 5.75 Å². The largest absolute Gasteiger partial charge is 0.496 e. The molecule has 1 aromatic carbocycles. The fourth-order valence-corrected chi connectivity index (χ4v) is 2.05. The van der Waals surface area contributed by atoms with Gasteiger partial charge in [-0.2, -0.15) is 0 Å². The Morgan fingerprint density at radius 3 is 2.89 bits per heavy atom. The van der Waals surface area contributed by atoms with Crippen molar-refractivity contribution in [3.05, 3.63) is 30.0 Å². The van der Waals surface area contributed by atoms with Crippen molar-refractivity contribution in [2.24, 2.45) is 12.8 Å². The number of aliphatic carboxylic acids is 1. The van der Waals surface area contributed by atoms with Crippen molar-refractivity contribution in [3.8, 4) is 5.75 Å². The number of ether oxygens (including phenoxy) is 1. The van der Waals surface area contributed by atoms with E-state index in [1.807, 2.05) is 29.9 Å². The van der Waals surface area contributed by atoms with Crippen molar-refractivity contribution in [3.63, 3.8) is 0 Å². The summed E-state index contributed by atoms with van der Waals surface area (Å²) in [5, 5.41) is 9.78. The second-order valence-electron chi connectivity index (χ2n) is 4.29. The monoisotopic (exact) mass is 248 g/mol. The Morgan fingerprint density at radius 1 is 1.56 bits per heavy atom. The minimum Gasteiger partial charge on any atom is -0.496 e. The van der Waals surface area contributed by atoms with Gasteiger partial charge in [0.05, 0.1) is 19.0 Å². The molecule has 18 heavy (non-hydrogen) atoms. The number of hydrogen-bond donors (Lipinski definition) is 2. The Bertz CT molecular complexity index is 589. The van der Waals surface area contributed by atoms with Gasteiger partial charge in [-0.3, -0.25) is 4.79 Å². The number of nitrogens with two attached hydrogens (primary N) is 1. The summed E-state index contributed by atoms with van der Waals surface area (Å²) in [6.45, 7) is 0. The number of carboxylic acid groups (broad SMARTS) is 1. The molecule has 0 aliphatic rings. The number of benzene rings is 1. The molecule has 0 aliphatic heterocycles. The zero-order valence-corrected chi connectivity index (χ0v) is 10.4. The average molecular weight is 248 g/mol. The van der Waals surface area contributed by atoms with E-state index >= 15 is 0 Å². The first-order valence-corrected chi connectivity index (χ1v) is 5.63. The van der Waals surface area contributed by atoms with Gasteiger partial charge in [0.2, 0.25) is 0 Å². The van der Waals surface area contributed by atoms with E-state index in [2.05, 4.69) is 0 Å². The fraction of sp³-hybridized carbons (Fsp3) is 0.308. The Morgan fingerprint density at radius 2 is 2.28 bits per heavy atom. The summed E-state index contributed by atoms with van der Waals surface area (Å²) in [5.74, 6) is -0.197. The van der Waals surface area contributed by atoms with Crippen LogP contribution in [0.5, 0.6) is 5.75 Å². The number of carboxylic acids is 1. The number of aromatic nitrogens is 1. The van der Waals surface area contributed by atoms with E-state index < -0.39 is 12.0 Å². The summed E-state index contributed by atoms with van der Waals surface area (Å²) in [4.78, 5) is 10.7. The van der Waals surface area contributed by atoms with E-state index in [0.29, 0.717) is 5.75 Å². The highest BCUT2D eigenvalue weighted by Crippen LogP contribution is 2.30. The summed E-state index contributed by atoms with van der Waals surface area (Å²) in [6, 6.07) is 5.14. The van der Waals surface area contributed by atoms with Gasteiger partial charge < -0.3 is 20.1 Å². The maximum atomic E-state index is 10.7. The second-order valence-corrected chi connectivity index (χ2v) is 4.29. The summed E-state index contributed by atoms with van der Waals surface area (Å²) in [6.07, 6.45) is 1.83. The van der Waals surface area contributed by atoms with E-state index in [-0.39, 0.29) is 6.42 Å². The van der Waals surface area contributed by atoms with E-state index in [1.165, 1.54) is 0 Å². The molecule has 0 saturated heterocycles. The van der Waals surface area contributed by atoms with Crippen LogP contribution in [0.1, 0.15) is 18.0 Å². The molecular formula is C13H16N2O3. The van der Waals surface area contributed by atoms with E-state index in [9.17, 15) is 4.79 Å². The Balaban J connectivity index is 2.51. The average Bonchev–Trinajstić information content (AvgIpc) is 2.69. The molecule has 0 radical (unpaired) electrons. The molecule has 0 bridgehead atoms. The smallest absolute Gasteiger partial charge is 0.305 e. The minimum absolute atomic E-state index is 0.0981. The first-order chi connectivity index (χ1) is 8.52. The molecule has 1 atom stereocenters. The first-order valence-electron chi connectivity index (χ1n) is 5.63. The van der Waals surface area contributed by atoms with Crippen molar-refractivity contribution in [2.75, 3.05) is 7.11 Å². The highest BCUT2D eigenvalue weighted by atomic mass is 16.5. The zero-order chi connectivity index (χ0) is 13.3. The molecule has 96 valence electrons. The van der Waals surface area contributed by atoms with Crippen LogP contribution in [0.4, 0.5) is 0 Å². The standard InChI is InChI=1S/C13H16N2O3/c1-15-4-3-9-11(15)5-8(6-12(9)18-2)10(14)7-13(16)17/h3-6,10H,7,14H2,1-2H3,(H,16,17). The van der Waals surface area contributed by atoms with E-state index in [0.717, 1.165) is 16.5 Å². The number of hydrogen-bond acceptors (Lipinski definition) is 3. The van der Waals surface area contributed by atoms with Crippen LogP contribution in [0, 0.1) is 0 Å². The Labute approximate surface area is 105 Å². The summed E-state index contributed by atoms with van der Waals surface area (Å²) < 4.78 is 7.27. The summed E-state index contributed by atoms with van der Waals surface area (Å²) >= 11 is 0. The first kappa shape index (κ1) is 12.4. The molecule has 2 aromatic rings. The van der Waals surface area contributed by atoms with Gasteiger partial charge >= 0.3 is 5.97 Å². The summed E-state index contributed by atoms with van der Waals surface area (Å²) in [5.41, 5.74) is 7.63. The van der Waals surface area contributed by atoms with Crippen molar-refractivity contribution in [1.29, 1.82) is 0 Å². The van der Waals surface area contributed by atoms with Crippen LogP contribution in [-0.2, 0) is 11.8 Å². The van der Waals surface area contributed by atoms with E-state index in [1.54, 1.807) is 13.2 Å². The molecule has 3 N–H and O–H groups in total. The molecule has 0 fully saturated rings. The normalized spacial score (nSPS) is 12.6. The number of aryl methyl sites for hydroxylation is 1. The molecule has 5 nitrogen and oxygen atoms in total. The molecule has 0 saturated carbocycles. The van der Waals surface area contributed by atoms with Crippen LogP contribution >= 0.6 is 0 Å². The van der Waals surface area contributed by atoms with Crippen LogP contribution in [-0.4, -0.2) is 22.8 Å². The van der Waals surface area contributed by atoms with Gasteiger partial charge in [0.15, 0.2) is 0 Å². The van der Waals surface area contributed by atoms with E-state index in [4.69, 9.17) is 15.6 Å². The van der Waals surface area contributed by atoms with Crippen LogP contribution in [0.2, 0.25) is 0 Å². The van der Waals surface area contributed by atoms with Gasteiger partial charge in [-0.05, 0) is 23.8 Å². The van der Waals surface area contributed by atoms with Crippen molar-refractivity contribution in [1.82, 2.24) is 4.57 Å². The van der Waals surface area contributed by atoms with Crippen molar-refractivity contribution < 1.29 is 14.6 Å². The number of carbonyl (C=O) groups is 1. The fourth-order valence-electron chi connectivity index (χ4n) is 2.05. The van der Waals surface area contributed by atoms with Crippen molar-refractivity contribution in [2.45, 2.75) is 12.5 Å². The lowest BCUT2D eigenvalue weighted by atomic mass is 10.0. The van der Waals surface area contributed by atoms with Gasteiger partial charge in [-0.15, -0.1) is 0 Å². The molecule has 5 heteroatoms. The molecule has 0 spiro atoms. The quantitative estimate of drug-likeness (QED) is 0.862. The number of nitrogens with zero attached hydrogens (tertiary/aromatic N) is 1. The number of fused-ring (bicyclic) bond motifs is 1. The predicted octanol–water partition coefficient (Wildman–Crippen LogP) is 1.66. The third-order valence-electron chi connectivity index (χ3n) is 3.03. The molecule has 1 unspecified atom stereocenters. The number of rotatable bonds is 4. The third kappa shape index (κ3) is 2.17. The van der Waals surface area contributed by atoms with Crippen LogP contribution in [0.15, 0.2) is 24.4 Å². The van der Waals surface area contributed by atoms with Crippen molar-refractivity contribution >= 4 is 16.9 Å². The van der Waals surface area contributed by atoms with Crippen LogP contribution < -0.4 is 10.5 Å². The lowest BCUT2D eigenvalue weighted by molar-refractivity contribution is -0.137. The second kappa shape index (κ2) is 4.70. The lowest BCUT2D eigenvalue weighted by Crippen LogP contribution is -2.15. The molecule has 2 rings (SSSR count). The third-order valence-corrected chi connectivity index (χ3v) is 3.03. The highest BCUT2D eigenvalue weighted by Gasteiger charge is 2.14. The number of methoxy groups -OCH3 is 1. The SMILES string of the molecule is COc1cc(C(N)CC(=O)O)cc2c1ccn2C. The van der Waals surface area contributed by atoms with Gasteiger partial charge in [0, 0.05) is 24.7 Å². The predicted molar refractivity (Wildman–Crippen MR) is 68.7 cm³/mol. The van der Waals surface area contributed by atoms with Gasteiger partial charge in [0.25, 0.3) is 0 Å².